The van der Waals surface area contributed by atoms with Crippen molar-refractivity contribution < 1.29 is 0 Å². The molecular formula is C13H18N2. The Morgan fingerprint density at radius 3 is 2.80 bits per heavy atom. The van der Waals surface area contributed by atoms with Crippen molar-refractivity contribution in [2.75, 3.05) is 0 Å². The Labute approximate surface area is 90.9 Å². The van der Waals surface area contributed by atoms with Crippen LogP contribution in [0.25, 0.3) is 11.0 Å². The van der Waals surface area contributed by atoms with Crippen LogP contribution in [0, 0.1) is 0 Å². The molecule has 0 aromatic carbocycles. The first-order valence-corrected chi connectivity index (χ1v) is 5.70. The van der Waals surface area contributed by atoms with Gasteiger partial charge in [-0.25, -0.2) is 4.98 Å². The molecule has 0 aliphatic carbocycles. The molecule has 0 amide bonds. The topological polar surface area (TPSA) is 17.8 Å². The van der Waals surface area contributed by atoms with Crippen molar-refractivity contribution in [2.24, 2.45) is 7.05 Å². The molecule has 2 rings (SSSR count). The van der Waals surface area contributed by atoms with Crippen molar-refractivity contribution in [1.29, 1.82) is 0 Å². The van der Waals surface area contributed by atoms with Gasteiger partial charge in [-0.15, -0.1) is 0 Å². The molecule has 0 fully saturated rings. The first kappa shape index (κ1) is 10.2. The number of nitrogens with zero attached hydrogens (tertiary/aromatic N) is 2. The molecule has 80 valence electrons. The van der Waals surface area contributed by atoms with E-state index >= 15 is 0 Å². The largest absolute Gasteiger partial charge is 0.332 e. The fourth-order valence-corrected chi connectivity index (χ4v) is 2.37. The normalized spacial score (nSPS) is 11.1. The highest BCUT2D eigenvalue weighted by Gasteiger charge is 2.12. The number of pyridine rings is 1. The summed E-state index contributed by atoms with van der Waals surface area (Å²) >= 11 is 0. The maximum absolute atomic E-state index is 4.46. The highest BCUT2D eigenvalue weighted by molar-refractivity contribution is 5.82. The van der Waals surface area contributed by atoms with Crippen LogP contribution in [0.1, 0.15) is 31.5 Å². The summed E-state index contributed by atoms with van der Waals surface area (Å²) in [7, 11) is 2.12. The van der Waals surface area contributed by atoms with Crippen LogP contribution in [0.4, 0.5) is 0 Å². The average molecular weight is 202 g/mol. The Morgan fingerprint density at radius 1 is 1.33 bits per heavy atom. The highest BCUT2D eigenvalue weighted by atomic mass is 15.0. The van der Waals surface area contributed by atoms with Crippen molar-refractivity contribution >= 4 is 11.0 Å². The van der Waals surface area contributed by atoms with Gasteiger partial charge in [0, 0.05) is 24.3 Å². The van der Waals surface area contributed by atoms with Gasteiger partial charge in [0.05, 0.1) is 0 Å². The van der Waals surface area contributed by atoms with Crippen molar-refractivity contribution in [1.82, 2.24) is 9.55 Å². The Morgan fingerprint density at radius 2 is 2.13 bits per heavy atom. The minimum absolute atomic E-state index is 1.09. The Balaban J connectivity index is 2.73. The van der Waals surface area contributed by atoms with Gasteiger partial charge in [-0.2, -0.15) is 0 Å². The zero-order valence-corrected chi connectivity index (χ0v) is 9.75. The third kappa shape index (κ3) is 1.54. The van der Waals surface area contributed by atoms with Crippen LogP contribution in [-0.2, 0) is 19.9 Å². The quantitative estimate of drug-likeness (QED) is 0.748. The molecule has 0 aliphatic heterocycles. The molecular weight excluding hydrogens is 184 g/mol. The van der Waals surface area contributed by atoms with Gasteiger partial charge in [-0.3, -0.25) is 0 Å². The Bertz CT molecular complexity index is 469. The first-order valence-electron chi connectivity index (χ1n) is 5.70. The van der Waals surface area contributed by atoms with Crippen LogP contribution < -0.4 is 0 Å². The predicted octanol–water partition coefficient (Wildman–Crippen LogP) is 3.09. The summed E-state index contributed by atoms with van der Waals surface area (Å²) in [6, 6.07) is 4.22. The lowest BCUT2D eigenvalue weighted by Gasteiger charge is -2.03. The summed E-state index contributed by atoms with van der Waals surface area (Å²) in [6.45, 7) is 4.45. The molecule has 0 aliphatic rings. The lowest BCUT2D eigenvalue weighted by molar-refractivity contribution is 0.820. The molecule has 0 N–H and O–H groups in total. The number of fused-ring (bicyclic) bond motifs is 1. The second kappa shape index (κ2) is 4.05. The van der Waals surface area contributed by atoms with E-state index < -0.39 is 0 Å². The molecule has 0 spiro atoms. The predicted molar refractivity (Wildman–Crippen MR) is 64.1 cm³/mol. The van der Waals surface area contributed by atoms with Crippen LogP contribution >= 0.6 is 0 Å². The number of hydrogen-bond donors (Lipinski definition) is 0. The van der Waals surface area contributed by atoms with Gasteiger partial charge >= 0.3 is 0 Å². The van der Waals surface area contributed by atoms with E-state index in [2.05, 4.69) is 36.5 Å². The van der Waals surface area contributed by atoms with Crippen LogP contribution in [0.15, 0.2) is 18.3 Å². The maximum Gasteiger partial charge on any atom is 0.140 e. The van der Waals surface area contributed by atoms with Crippen molar-refractivity contribution in [3.8, 4) is 0 Å². The van der Waals surface area contributed by atoms with E-state index in [1.54, 1.807) is 0 Å². The third-order valence-corrected chi connectivity index (χ3v) is 3.02. The van der Waals surface area contributed by atoms with Crippen molar-refractivity contribution in [3.05, 3.63) is 29.6 Å². The summed E-state index contributed by atoms with van der Waals surface area (Å²) in [5, 5.41) is 1.33. The van der Waals surface area contributed by atoms with Crippen LogP contribution in [0.2, 0.25) is 0 Å². The fourth-order valence-electron chi connectivity index (χ4n) is 2.37. The standard InChI is InChI=1S/C13H18N2/c1-4-7-10-11-8-6-9-14-13(11)15(3)12(10)5-2/h6,8-9H,4-5,7H2,1-3H3. The highest BCUT2D eigenvalue weighted by Crippen LogP contribution is 2.25. The monoisotopic (exact) mass is 202 g/mol. The smallest absolute Gasteiger partial charge is 0.140 e. The van der Waals surface area contributed by atoms with Gasteiger partial charge in [-0.05, 0) is 30.5 Å². The molecule has 2 heterocycles. The van der Waals surface area contributed by atoms with Gasteiger partial charge < -0.3 is 4.57 Å². The molecule has 0 unspecified atom stereocenters. The van der Waals surface area contributed by atoms with Crippen LogP contribution in [-0.4, -0.2) is 9.55 Å². The lowest BCUT2D eigenvalue weighted by atomic mass is 10.1. The number of aryl methyl sites for hydroxylation is 2. The Hall–Kier alpha value is -1.31. The second-order valence-corrected chi connectivity index (χ2v) is 3.96. The van der Waals surface area contributed by atoms with Crippen LogP contribution in [0.3, 0.4) is 0 Å². The molecule has 0 bridgehead atoms. The SMILES string of the molecule is CCCc1c(CC)n(C)c2ncccc12. The van der Waals surface area contributed by atoms with Crippen LogP contribution in [0.5, 0.6) is 0 Å². The molecule has 2 heteroatoms. The summed E-state index contributed by atoms with van der Waals surface area (Å²) in [5.74, 6) is 0. The number of rotatable bonds is 3. The molecule has 0 saturated carbocycles. The summed E-state index contributed by atoms with van der Waals surface area (Å²) in [5.41, 5.74) is 4.05. The van der Waals surface area contributed by atoms with Gasteiger partial charge in [-0.1, -0.05) is 20.3 Å². The Kier molecular flexibility index (Phi) is 2.76. The zero-order valence-electron chi connectivity index (χ0n) is 9.75. The van der Waals surface area contributed by atoms with E-state index in [9.17, 15) is 0 Å². The molecule has 15 heavy (non-hydrogen) atoms. The molecule has 0 saturated heterocycles. The summed E-state index contributed by atoms with van der Waals surface area (Å²) < 4.78 is 2.24. The van der Waals surface area contributed by atoms with Gasteiger partial charge in [0.1, 0.15) is 5.65 Å². The van der Waals surface area contributed by atoms with E-state index in [1.807, 2.05) is 12.3 Å². The van der Waals surface area contributed by atoms with E-state index in [0.29, 0.717) is 0 Å². The number of hydrogen-bond acceptors (Lipinski definition) is 1. The minimum atomic E-state index is 1.09. The molecule has 0 atom stereocenters. The van der Waals surface area contributed by atoms with Crippen molar-refractivity contribution in [3.63, 3.8) is 0 Å². The molecule has 2 aromatic rings. The van der Waals surface area contributed by atoms with Gasteiger partial charge in [0.25, 0.3) is 0 Å². The van der Waals surface area contributed by atoms with E-state index in [-0.39, 0.29) is 0 Å². The lowest BCUT2D eigenvalue weighted by Crippen LogP contribution is -1.97. The van der Waals surface area contributed by atoms with Gasteiger partial charge in [0.2, 0.25) is 0 Å². The molecule has 2 aromatic heterocycles. The molecule has 0 radical (unpaired) electrons. The average Bonchev–Trinajstić information content (AvgIpc) is 2.54. The van der Waals surface area contributed by atoms with Crippen molar-refractivity contribution in [2.45, 2.75) is 33.1 Å². The van der Waals surface area contributed by atoms with E-state index in [4.69, 9.17) is 0 Å². The minimum Gasteiger partial charge on any atom is -0.332 e. The third-order valence-electron chi connectivity index (χ3n) is 3.02. The molecule has 2 nitrogen and oxygen atoms in total. The second-order valence-electron chi connectivity index (χ2n) is 3.96. The van der Waals surface area contributed by atoms with E-state index in [1.165, 1.54) is 23.1 Å². The zero-order chi connectivity index (χ0) is 10.8. The summed E-state index contributed by atoms with van der Waals surface area (Å²) in [4.78, 5) is 4.46. The first-order chi connectivity index (χ1) is 7.29. The summed E-state index contributed by atoms with van der Waals surface area (Å²) in [6.07, 6.45) is 5.31. The van der Waals surface area contributed by atoms with Gasteiger partial charge in [0.15, 0.2) is 0 Å². The number of aromatic nitrogens is 2. The maximum atomic E-state index is 4.46. The fraction of sp³-hybridized carbons (Fsp3) is 0.462. The van der Waals surface area contributed by atoms with E-state index in [0.717, 1.165) is 18.5 Å².